The molecule has 0 amide bonds. The zero-order valence-corrected chi connectivity index (χ0v) is 28.3. The molecule has 6 aromatic carbocycles. The highest BCUT2D eigenvalue weighted by Gasteiger charge is 2.30. The molecule has 0 fully saturated rings. The Hall–Kier alpha value is -4.16. The first-order chi connectivity index (χ1) is 22.6. The molecule has 0 atom stereocenters. The zero-order chi connectivity index (χ0) is 31.6. The maximum atomic E-state index is 2.43. The lowest BCUT2D eigenvalue weighted by molar-refractivity contribution is 0.667. The summed E-state index contributed by atoms with van der Waals surface area (Å²) in [5.41, 5.74) is 16.5. The van der Waals surface area contributed by atoms with Crippen LogP contribution in [0, 0.1) is 13.8 Å². The summed E-state index contributed by atoms with van der Waals surface area (Å²) in [4.78, 5) is 0. The third kappa shape index (κ3) is 5.57. The van der Waals surface area contributed by atoms with Crippen LogP contribution >= 0.6 is 0 Å². The molecule has 1 aliphatic rings. The van der Waals surface area contributed by atoms with Gasteiger partial charge in [0.1, 0.15) is 0 Å². The molecule has 0 saturated carbocycles. The van der Waals surface area contributed by atoms with Crippen LogP contribution in [0.15, 0.2) is 97.1 Å². The molecule has 0 aliphatic heterocycles. The minimum Gasteiger partial charge on any atom is -0.0654 e. The Balaban J connectivity index is 1.45. The molecule has 0 radical (unpaired) electrons. The molecule has 0 heteroatoms. The summed E-state index contributed by atoms with van der Waals surface area (Å²) in [5, 5.41) is 5.48. The van der Waals surface area contributed by atoms with E-state index in [1.807, 2.05) is 0 Å². The van der Waals surface area contributed by atoms with Crippen molar-refractivity contribution in [3.63, 3.8) is 0 Å². The van der Waals surface area contributed by atoms with Gasteiger partial charge in [0.2, 0.25) is 0 Å². The van der Waals surface area contributed by atoms with Gasteiger partial charge >= 0.3 is 0 Å². The van der Waals surface area contributed by atoms with E-state index < -0.39 is 0 Å². The zero-order valence-electron chi connectivity index (χ0n) is 28.3. The Morgan fingerprint density at radius 2 is 1.00 bits per heavy atom. The molecule has 6 aromatic rings. The van der Waals surface area contributed by atoms with Gasteiger partial charge in [-0.2, -0.15) is 0 Å². The Bertz CT molecular complexity index is 2000. The van der Waals surface area contributed by atoms with E-state index in [4.69, 9.17) is 0 Å². The Morgan fingerprint density at radius 1 is 0.435 bits per heavy atom. The predicted molar refractivity (Wildman–Crippen MR) is 202 cm³/mol. The molecule has 0 nitrogen and oxygen atoms in total. The van der Waals surface area contributed by atoms with Crippen LogP contribution < -0.4 is 0 Å². The van der Waals surface area contributed by atoms with Crippen molar-refractivity contribution >= 4 is 21.5 Å². The number of unbranched alkanes of at least 4 members (excludes halogenated alkanes) is 6. The van der Waals surface area contributed by atoms with E-state index in [-0.39, 0.29) is 0 Å². The monoisotopic (exact) mass is 600 g/mol. The summed E-state index contributed by atoms with van der Waals surface area (Å²) in [6.07, 6.45) is 12.7. The topological polar surface area (TPSA) is 0 Å². The van der Waals surface area contributed by atoms with Crippen LogP contribution in [0.5, 0.6) is 0 Å². The Labute approximate surface area is 276 Å². The van der Waals surface area contributed by atoms with E-state index in [2.05, 4.69) is 125 Å². The molecule has 0 spiro atoms. The molecule has 0 aromatic heterocycles. The van der Waals surface area contributed by atoms with Crippen molar-refractivity contribution in [3.8, 4) is 44.5 Å². The quantitative estimate of drug-likeness (QED) is 0.122. The molecule has 0 unspecified atom stereocenters. The maximum Gasteiger partial charge on any atom is -0.000741 e. The average molecular weight is 601 g/mol. The van der Waals surface area contributed by atoms with Gasteiger partial charge in [-0.1, -0.05) is 155 Å². The van der Waals surface area contributed by atoms with Crippen LogP contribution in [-0.4, -0.2) is 0 Å². The molecular formula is C46H48. The average Bonchev–Trinajstić information content (AvgIpc) is 3.41. The van der Waals surface area contributed by atoms with E-state index in [1.54, 1.807) is 0 Å². The highest BCUT2D eigenvalue weighted by atomic mass is 14.3. The summed E-state index contributed by atoms with van der Waals surface area (Å²) in [6, 6.07) is 37.9. The molecular weight excluding hydrogens is 553 g/mol. The molecule has 232 valence electrons. The van der Waals surface area contributed by atoms with E-state index >= 15 is 0 Å². The first-order valence-electron chi connectivity index (χ1n) is 17.9. The fourth-order valence-corrected chi connectivity index (χ4v) is 7.90. The van der Waals surface area contributed by atoms with Crippen molar-refractivity contribution in [2.45, 2.75) is 91.9 Å². The van der Waals surface area contributed by atoms with Gasteiger partial charge < -0.3 is 0 Å². The summed E-state index contributed by atoms with van der Waals surface area (Å²) < 4.78 is 0. The SMILES string of the molecule is CCCCCCc1ccc(-c2c3c(c(-c4ccc(CCCCCC)cc4)c4cc(C)ccc24)-c2cccc4c(C)ccc-3c24)cc1. The molecule has 0 saturated heterocycles. The van der Waals surface area contributed by atoms with Crippen LogP contribution in [0.4, 0.5) is 0 Å². The van der Waals surface area contributed by atoms with Crippen molar-refractivity contribution in [2.75, 3.05) is 0 Å². The van der Waals surface area contributed by atoms with E-state index in [0.29, 0.717) is 0 Å². The summed E-state index contributed by atoms with van der Waals surface area (Å²) in [6.45, 7) is 9.07. The summed E-state index contributed by atoms with van der Waals surface area (Å²) in [5.74, 6) is 0. The van der Waals surface area contributed by atoms with E-state index in [9.17, 15) is 0 Å². The highest BCUT2D eigenvalue weighted by molar-refractivity contribution is 6.27. The summed E-state index contributed by atoms with van der Waals surface area (Å²) >= 11 is 0. The van der Waals surface area contributed by atoms with Crippen molar-refractivity contribution in [3.05, 3.63) is 119 Å². The van der Waals surface area contributed by atoms with Crippen LogP contribution in [0.1, 0.15) is 87.5 Å². The smallest absolute Gasteiger partial charge is 0.000741 e. The van der Waals surface area contributed by atoms with Gasteiger partial charge in [0.05, 0.1) is 0 Å². The first kappa shape index (κ1) is 30.5. The van der Waals surface area contributed by atoms with Gasteiger partial charge in [-0.3, -0.25) is 0 Å². The van der Waals surface area contributed by atoms with Crippen LogP contribution in [-0.2, 0) is 12.8 Å². The minimum atomic E-state index is 1.16. The molecule has 0 N–H and O–H groups in total. The number of rotatable bonds is 12. The fraction of sp³-hybridized carbons (Fsp3) is 0.304. The van der Waals surface area contributed by atoms with Gasteiger partial charge in [0.15, 0.2) is 0 Å². The first-order valence-corrected chi connectivity index (χ1v) is 17.9. The Kier molecular flexibility index (Phi) is 8.81. The van der Waals surface area contributed by atoms with Crippen LogP contribution in [0.25, 0.3) is 66.1 Å². The number of hydrogen-bond donors (Lipinski definition) is 0. The molecule has 0 heterocycles. The summed E-state index contributed by atoms with van der Waals surface area (Å²) in [7, 11) is 0. The van der Waals surface area contributed by atoms with E-state index in [1.165, 1.54) is 140 Å². The molecule has 0 bridgehead atoms. The van der Waals surface area contributed by atoms with Gasteiger partial charge in [0.25, 0.3) is 0 Å². The lowest BCUT2D eigenvalue weighted by Gasteiger charge is -2.21. The van der Waals surface area contributed by atoms with Gasteiger partial charge in [-0.05, 0) is 122 Å². The van der Waals surface area contributed by atoms with Crippen molar-refractivity contribution in [2.24, 2.45) is 0 Å². The third-order valence-corrected chi connectivity index (χ3v) is 10.4. The minimum absolute atomic E-state index is 1.16. The van der Waals surface area contributed by atoms with Crippen LogP contribution in [0.3, 0.4) is 0 Å². The number of hydrogen-bond acceptors (Lipinski definition) is 0. The van der Waals surface area contributed by atoms with Crippen molar-refractivity contribution in [1.29, 1.82) is 0 Å². The molecule has 46 heavy (non-hydrogen) atoms. The van der Waals surface area contributed by atoms with Crippen LogP contribution in [0.2, 0.25) is 0 Å². The van der Waals surface area contributed by atoms with Crippen molar-refractivity contribution < 1.29 is 0 Å². The second-order valence-electron chi connectivity index (χ2n) is 13.7. The van der Waals surface area contributed by atoms with E-state index in [0.717, 1.165) is 12.8 Å². The predicted octanol–water partition coefficient (Wildman–Crippen LogP) is 13.8. The normalized spacial score (nSPS) is 11.9. The third-order valence-electron chi connectivity index (χ3n) is 10.4. The Morgan fingerprint density at radius 3 is 1.59 bits per heavy atom. The molecule has 7 rings (SSSR count). The highest BCUT2D eigenvalue weighted by Crippen LogP contribution is 2.58. The van der Waals surface area contributed by atoms with Crippen molar-refractivity contribution in [1.82, 2.24) is 0 Å². The number of aryl methyl sites for hydroxylation is 4. The second-order valence-corrected chi connectivity index (χ2v) is 13.7. The number of benzene rings is 6. The maximum absolute atomic E-state index is 2.43. The lowest BCUT2D eigenvalue weighted by Crippen LogP contribution is -1.95. The number of fused-ring (bicyclic) bond motifs is 4. The second kappa shape index (κ2) is 13.3. The lowest BCUT2D eigenvalue weighted by atomic mass is 9.82. The van der Waals surface area contributed by atoms with Gasteiger partial charge in [-0.15, -0.1) is 0 Å². The van der Waals surface area contributed by atoms with Gasteiger partial charge in [0, 0.05) is 0 Å². The fourth-order valence-electron chi connectivity index (χ4n) is 7.90. The van der Waals surface area contributed by atoms with Gasteiger partial charge in [-0.25, -0.2) is 0 Å². The standard InChI is InChI=1S/C46H48/c1-5-7-9-11-14-33-20-24-35(25-21-33)42-38-28-18-31(3)30-41(38)43(36-26-22-34(23-27-36)15-12-10-8-6-2)45-39-17-13-16-37-32(4)19-29-40(44(37)39)46(42)45/h13,16-30H,5-12,14-15H2,1-4H3. The molecule has 1 aliphatic carbocycles. The largest absolute Gasteiger partial charge is 0.0654 e.